The van der Waals surface area contributed by atoms with Crippen molar-refractivity contribution in [2.24, 2.45) is 5.73 Å². The van der Waals surface area contributed by atoms with Crippen molar-refractivity contribution in [3.8, 4) is 5.75 Å². The molecule has 0 saturated carbocycles. The quantitative estimate of drug-likeness (QED) is 0.574. The number of rotatable bonds is 1. The number of ether oxygens (including phenoxy) is 1. The summed E-state index contributed by atoms with van der Waals surface area (Å²) >= 11 is 3.54. The van der Waals surface area contributed by atoms with Crippen molar-refractivity contribution in [3.63, 3.8) is 0 Å². The van der Waals surface area contributed by atoms with Gasteiger partial charge in [0.15, 0.2) is 11.6 Å². The molecule has 2 atom stereocenters. The van der Waals surface area contributed by atoms with E-state index in [9.17, 15) is 13.2 Å². The first-order valence-corrected chi connectivity index (χ1v) is 8.52. The Morgan fingerprint density at radius 1 is 0.960 bits per heavy atom. The lowest BCUT2D eigenvalue weighted by molar-refractivity contribution is 0.151. The number of hydrogen-bond donors (Lipinski definition) is 1. The maximum absolute atomic E-state index is 14.2. The van der Waals surface area contributed by atoms with E-state index in [0.717, 1.165) is 26.9 Å². The van der Waals surface area contributed by atoms with Gasteiger partial charge in [-0.1, -0.05) is 40.2 Å². The van der Waals surface area contributed by atoms with Crippen LogP contribution in [-0.2, 0) is 6.42 Å². The van der Waals surface area contributed by atoms with E-state index in [1.54, 1.807) is 0 Å². The van der Waals surface area contributed by atoms with Gasteiger partial charge in [0, 0.05) is 21.5 Å². The molecule has 2 nitrogen and oxygen atoms in total. The molecule has 0 aromatic heterocycles. The molecular weight excluding hydrogens is 395 g/mol. The molecule has 1 heterocycles. The highest BCUT2D eigenvalue weighted by Gasteiger charge is 2.33. The molecule has 0 saturated heterocycles. The van der Waals surface area contributed by atoms with E-state index in [-0.39, 0.29) is 5.56 Å². The van der Waals surface area contributed by atoms with Crippen molar-refractivity contribution in [1.82, 2.24) is 0 Å². The van der Waals surface area contributed by atoms with Gasteiger partial charge in [-0.2, -0.15) is 0 Å². The molecule has 0 radical (unpaired) electrons. The third kappa shape index (κ3) is 2.69. The Morgan fingerprint density at radius 2 is 1.64 bits per heavy atom. The second kappa shape index (κ2) is 6.04. The van der Waals surface area contributed by atoms with Crippen LogP contribution in [0.1, 0.15) is 17.2 Å². The SMILES string of the molecule is N[C@@H]1Cc2cc(Br)c3ccccc3c2O[C@H]1c1cc(F)c(F)cc1F. The zero-order valence-electron chi connectivity index (χ0n) is 12.9. The number of fused-ring (bicyclic) bond motifs is 3. The highest BCUT2D eigenvalue weighted by atomic mass is 79.9. The maximum atomic E-state index is 14.2. The molecule has 6 heteroatoms. The van der Waals surface area contributed by atoms with Gasteiger partial charge >= 0.3 is 0 Å². The summed E-state index contributed by atoms with van der Waals surface area (Å²) in [6.45, 7) is 0. The van der Waals surface area contributed by atoms with Crippen LogP contribution in [0.25, 0.3) is 10.8 Å². The van der Waals surface area contributed by atoms with Gasteiger partial charge in [-0.15, -0.1) is 0 Å². The average molecular weight is 408 g/mol. The Kier molecular flexibility index (Phi) is 3.96. The zero-order chi connectivity index (χ0) is 17.7. The number of hydrogen-bond acceptors (Lipinski definition) is 2. The molecular formula is C19H13BrF3NO. The van der Waals surface area contributed by atoms with Gasteiger partial charge < -0.3 is 10.5 Å². The summed E-state index contributed by atoms with van der Waals surface area (Å²) in [5, 5.41) is 1.80. The first kappa shape index (κ1) is 16.4. The van der Waals surface area contributed by atoms with Crippen molar-refractivity contribution in [2.45, 2.75) is 18.6 Å². The molecule has 0 bridgehead atoms. The van der Waals surface area contributed by atoms with E-state index in [2.05, 4.69) is 15.9 Å². The predicted octanol–water partition coefficient (Wildman–Crippen LogP) is 5.02. The Morgan fingerprint density at radius 3 is 2.40 bits per heavy atom. The van der Waals surface area contributed by atoms with E-state index in [1.807, 2.05) is 30.3 Å². The third-order valence-electron chi connectivity index (χ3n) is 4.46. The van der Waals surface area contributed by atoms with Gasteiger partial charge in [0.1, 0.15) is 17.7 Å². The highest BCUT2D eigenvalue weighted by Crippen LogP contribution is 2.42. The van der Waals surface area contributed by atoms with Crippen LogP contribution in [0.4, 0.5) is 13.2 Å². The van der Waals surface area contributed by atoms with Gasteiger partial charge in [0.2, 0.25) is 0 Å². The monoisotopic (exact) mass is 407 g/mol. The number of halogens is 4. The van der Waals surface area contributed by atoms with Crippen LogP contribution < -0.4 is 10.5 Å². The van der Waals surface area contributed by atoms with E-state index in [0.29, 0.717) is 18.2 Å². The molecule has 0 unspecified atom stereocenters. The van der Waals surface area contributed by atoms with Crippen molar-refractivity contribution >= 4 is 26.7 Å². The smallest absolute Gasteiger partial charge is 0.161 e. The average Bonchev–Trinajstić information content (AvgIpc) is 2.58. The van der Waals surface area contributed by atoms with Crippen LogP contribution in [0.2, 0.25) is 0 Å². The zero-order valence-corrected chi connectivity index (χ0v) is 14.5. The van der Waals surface area contributed by atoms with Gasteiger partial charge in [-0.3, -0.25) is 0 Å². The summed E-state index contributed by atoms with van der Waals surface area (Å²) in [5.74, 6) is -2.64. The van der Waals surface area contributed by atoms with Gasteiger partial charge in [-0.25, -0.2) is 13.2 Å². The van der Waals surface area contributed by atoms with E-state index in [1.165, 1.54) is 0 Å². The second-order valence-corrected chi connectivity index (χ2v) is 6.94. The third-order valence-corrected chi connectivity index (χ3v) is 5.11. The van der Waals surface area contributed by atoms with E-state index >= 15 is 0 Å². The van der Waals surface area contributed by atoms with Crippen molar-refractivity contribution in [1.29, 1.82) is 0 Å². The highest BCUT2D eigenvalue weighted by molar-refractivity contribution is 9.10. The normalized spacial score (nSPS) is 19.6. The molecule has 0 amide bonds. The van der Waals surface area contributed by atoms with Crippen LogP contribution in [0, 0.1) is 17.5 Å². The van der Waals surface area contributed by atoms with Crippen LogP contribution in [0.5, 0.6) is 5.75 Å². The summed E-state index contributed by atoms with van der Waals surface area (Å²) in [7, 11) is 0. The molecule has 1 aliphatic rings. The molecule has 0 fully saturated rings. The van der Waals surface area contributed by atoms with Crippen LogP contribution in [0.15, 0.2) is 46.9 Å². The minimum atomic E-state index is -1.24. The predicted molar refractivity (Wildman–Crippen MR) is 93.0 cm³/mol. The molecule has 4 rings (SSSR count). The molecule has 0 spiro atoms. The van der Waals surface area contributed by atoms with Gasteiger partial charge in [0.25, 0.3) is 0 Å². The largest absolute Gasteiger partial charge is 0.483 e. The summed E-state index contributed by atoms with van der Waals surface area (Å²) < 4.78 is 47.9. The summed E-state index contributed by atoms with van der Waals surface area (Å²) in [6.07, 6.45) is -0.464. The molecule has 3 aromatic carbocycles. The van der Waals surface area contributed by atoms with Crippen LogP contribution in [0.3, 0.4) is 0 Å². The fraction of sp³-hybridized carbons (Fsp3) is 0.158. The first-order valence-electron chi connectivity index (χ1n) is 7.72. The maximum Gasteiger partial charge on any atom is 0.161 e. The minimum Gasteiger partial charge on any atom is -0.483 e. The summed E-state index contributed by atoms with van der Waals surface area (Å²) in [5.41, 5.74) is 6.96. The molecule has 1 aliphatic heterocycles. The Labute approximate surface area is 150 Å². The van der Waals surface area contributed by atoms with Crippen molar-refractivity contribution in [2.75, 3.05) is 0 Å². The van der Waals surface area contributed by atoms with Crippen LogP contribution in [-0.4, -0.2) is 6.04 Å². The fourth-order valence-electron chi connectivity index (χ4n) is 3.27. The second-order valence-electron chi connectivity index (χ2n) is 6.09. The van der Waals surface area contributed by atoms with Crippen molar-refractivity contribution in [3.05, 3.63) is 75.5 Å². The lowest BCUT2D eigenvalue weighted by Crippen LogP contribution is -2.38. The van der Waals surface area contributed by atoms with E-state index in [4.69, 9.17) is 10.5 Å². The van der Waals surface area contributed by atoms with Gasteiger partial charge in [-0.05, 0) is 29.5 Å². The first-order chi connectivity index (χ1) is 12.0. The molecule has 25 heavy (non-hydrogen) atoms. The van der Waals surface area contributed by atoms with Crippen LogP contribution >= 0.6 is 15.9 Å². The number of benzene rings is 3. The summed E-state index contributed by atoms with van der Waals surface area (Å²) in [4.78, 5) is 0. The lowest BCUT2D eigenvalue weighted by Gasteiger charge is -2.33. The van der Waals surface area contributed by atoms with Crippen molar-refractivity contribution < 1.29 is 17.9 Å². The fourth-order valence-corrected chi connectivity index (χ4v) is 3.90. The Bertz CT molecular complexity index is 992. The van der Waals surface area contributed by atoms with Gasteiger partial charge in [0.05, 0.1) is 6.04 Å². The topological polar surface area (TPSA) is 35.2 Å². The molecule has 3 aromatic rings. The lowest BCUT2D eigenvalue weighted by atomic mass is 9.91. The van der Waals surface area contributed by atoms with E-state index < -0.39 is 29.6 Å². The molecule has 2 N–H and O–H groups in total. The Balaban J connectivity index is 1.86. The molecule has 0 aliphatic carbocycles. The number of nitrogens with two attached hydrogens (primary N) is 1. The Hall–Kier alpha value is -2.05. The summed E-state index contributed by atoms with van der Waals surface area (Å²) in [6, 6.07) is 10.3. The standard InChI is InChI=1S/C19H13BrF3NO/c20-13-5-9-6-17(24)19(12-7-15(22)16(23)8-14(12)21)25-18(9)11-4-2-1-3-10(11)13/h1-5,7-8,17,19H,6,24H2/t17-,19+/m1/s1. The minimum absolute atomic E-state index is 0.0796. The molecule has 128 valence electrons.